The molecule has 1 aromatic heterocycles. The Morgan fingerprint density at radius 1 is 1.33 bits per heavy atom. The minimum atomic E-state index is -1.03. The van der Waals surface area contributed by atoms with Crippen molar-refractivity contribution in [3.63, 3.8) is 0 Å². The molecule has 0 fully saturated rings. The van der Waals surface area contributed by atoms with Crippen LogP contribution in [0.2, 0.25) is 0 Å². The summed E-state index contributed by atoms with van der Waals surface area (Å²) in [6.07, 6.45) is 0. The van der Waals surface area contributed by atoms with E-state index in [-0.39, 0.29) is 24.6 Å². The van der Waals surface area contributed by atoms with Gasteiger partial charge in [0, 0.05) is 19.0 Å². The molecule has 2 N–H and O–H groups in total. The van der Waals surface area contributed by atoms with Gasteiger partial charge in [-0.3, -0.25) is 4.79 Å². The second kappa shape index (κ2) is 6.41. The fraction of sp³-hybridized carbons (Fsp3) is 0.333. The number of amides is 1. The van der Waals surface area contributed by atoms with Crippen LogP contribution in [-0.2, 0) is 11.3 Å². The molecule has 0 saturated carbocycles. The molecule has 21 heavy (non-hydrogen) atoms. The van der Waals surface area contributed by atoms with E-state index in [0.29, 0.717) is 23.3 Å². The number of fused-ring (bicyclic) bond motifs is 1. The van der Waals surface area contributed by atoms with E-state index in [0.717, 1.165) is 0 Å². The van der Waals surface area contributed by atoms with Crippen molar-refractivity contribution in [3.05, 3.63) is 35.6 Å². The summed E-state index contributed by atoms with van der Waals surface area (Å²) in [7, 11) is 1.72. The van der Waals surface area contributed by atoms with Crippen LogP contribution in [0.4, 0.5) is 0 Å². The Balaban J connectivity index is 2.13. The number of para-hydroxylation sites is 1. The normalized spacial score (nSPS) is 10.8. The van der Waals surface area contributed by atoms with Gasteiger partial charge in [0.25, 0.3) is 0 Å². The number of aromatic carboxylic acids is 1. The highest BCUT2D eigenvalue weighted by atomic mass is 16.4. The smallest absolute Gasteiger partial charge is 0.339 e. The van der Waals surface area contributed by atoms with Crippen LogP contribution in [0.15, 0.2) is 28.7 Å². The van der Waals surface area contributed by atoms with Crippen molar-refractivity contribution < 1.29 is 19.1 Å². The molecular formula is C15H18N2O4. The molecule has 0 aliphatic rings. The number of hydrogen-bond donors (Lipinski definition) is 2. The first-order valence-electron chi connectivity index (χ1n) is 6.73. The van der Waals surface area contributed by atoms with Gasteiger partial charge in [-0.25, -0.2) is 4.79 Å². The van der Waals surface area contributed by atoms with Crippen molar-refractivity contribution >= 4 is 22.8 Å². The van der Waals surface area contributed by atoms with Crippen LogP contribution in [0.1, 0.15) is 23.0 Å². The van der Waals surface area contributed by atoms with Gasteiger partial charge >= 0.3 is 5.97 Å². The number of carboxylic acid groups (broad SMARTS) is 1. The molecular weight excluding hydrogens is 272 g/mol. The van der Waals surface area contributed by atoms with Gasteiger partial charge in [-0.05, 0) is 13.0 Å². The molecule has 0 radical (unpaired) electrons. The van der Waals surface area contributed by atoms with Crippen LogP contribution in [0.5, 0.6) is 0 Å². The first-order valence-corrected chi connectivity index (χ1v) is 6.73. The van der Waals surface area contributed by atoms with Crippen molar-refractivity contribution in [2.75, 3.05) is 20.1 Å². The third-order valence-electron chi connectivity index (χ3n) is 3.34. The van der Waals surface area contributed by atoms with Crippen LogP contribution in [0, 0.1) is 0 Å². The first-order chi connectivity index (χ1) is 10.0. The number of carbonyl (C=O) groups excluding carboxylic acids is 1. The highest BCUT2D eigenvalue weighted by molar-refractivity contribution is 6.03. The highest BCUT2D eigenvalue weighted by Crippen LogP contribution is 2.25. The average Bonchev–Trinajstić information content (AvgIpc) is 2.84. The predicted molar refractivity (Wildman–Crippen MR) is 78.2 cm³/mol. The number of nitrogens with zero attached hydrogens (tertiary/aromatic N) is 1. The zero-order valence-corrected chi connectivity index (χ0v) is 12.0. The summed E-state index contributed by atoms with van der Waals surface area (Å²) in [4.78, 5) is 24.6. The van der Waals surface area contributed by atoms with Crippen molar-refractivity contribution in [1.82, 2.24) is 10.2 Å². The molecule has 0 saturated heterocycles. The van der Waals surface area contributed by atoms with E-state index in [1.807, 2.05) is 6.92 Å². The van der Waals surface area contributed by atoms with Crippen molar-refractivity contribution in [2.45, 2.75) is 13.5 Å². The molecule has 6 nitrogen and oxygen atoms in total. The van der Waals surface area contributed by atoms with Crippen molar-refractivity contribution in [3.8, 4) is 0 Å². The van der Waals surface area contributed by atoms with Gasteiger partial charge in [-0.15, -0.1) is 0 Å². The van der Waals surface area contributed by atoms with E-state index in [1.54, 1.807) is 36.2 Å². The molecule has 6 heteroatoms. The van der Waals surface area contributed by atoms with E-state index in [9.17, 15) is 14.7 Å². The lowest BCUT2D eigenvalue weighted by molar-refractivity contribution is -0.128. The van der Waals surface area contributed by atoms with E-state index >= 15 is 0 Å². The SMILES string of the molecule is CCN(C)C(=O)CNCc1oc2ccccc2c1C(=O)O. The summed E-state index contributed by atoms with van der Waals surface area (Å²) < 4.78 is 5.56. The van der Waals surface area contributed by atoms with Crippen molar-refractivity contribution in [2.24, 2.45) is 0 Å². The Morgan fingerprint density at radius 2 is 2.05 bits per heavy atom. The molecule has 2 aromatic rings. The fourth-order valence-electron chi connectivity index (χ4n) is 2.05. The molecule has 1 heterocycles. The molecule has 0 atom stereocenters. The lowest BCUT2D eigenvalue weighted by Crippen LogP contribution is -2.35. The monoisotopic (exact) mass is 290 g/mol. The molecule has 0 aliphatic carbocycles. The van der Waals surface area contributed by atoms with E-state index in [4.69, 9.17) is 4.42 Å². The minimum absolute atomic E-state index is 0.0505. The number of rotatable bonds is 6. The van der Waals surface area contributed by atoms with Crippen LogP contribution >= 0.6 is 0 Å². The van der Waals surface area contributed by atoms with Gasteiger partial charge in [0.2, 0.25) is 5.91 Å². The third-order valence-corrected chi connectivity index (χ3v) is 3.34. The van der Waals surface area contributed by atoms with Crippen LogP contribution in [-0.4, -0.2) is 42.0 Å². The summed E-state index contributed by atoms with van der Waals surface area (Å²) in [6.45, 7) is 2.85. The van der Waals surface area contributed by atoms with E-state index in [2.05, 4.69) is 5.32 Å². The molecule has 1 aromatic carbocycles. The highest BCUT2D eigenvalue weighted by Gasteiger charge is 2.19. The number of benzene rings is 1. The lowest BCUT2D eigenvalue weighted by atomic mass is 10.1. The Kier molecular flexibility index (Phi) is 4.59. The number of carboxylic acids is 1. The summed E-state index contributed by atoms with van der Waals surface area (Å²) in [6, 6.07) is 6.98. The van der Waals surface area contributed by atoms with Crippen molar-refractivity contribution in [1.29, 1.82) is 0 Å². The maximum Gasteiger partial charge on any atom is 0.339 e. The molecule has 2 rings (SSSR count). The van der Waals surface area contributed by atoms with Gasteiger partial charge in [0.15, 0.2) is 0 Å². The number of hydrogen-bond acceptors (Lipinski definition) is 4. The third kappa shape index (κ3) is 3.22. The van der Waals surface area contributed by atoms with Crippen LogP contribution in [0.25, 0.3) is 11.0 Å². The average molecular weight is 290 g/mol. The molecule has 0 spiro atoms. The van der Waals surface area contributed by atoms with Crippen LogP contribution < -0.4 is 5.32 Å². The second-order valence-electron chi connectivity index (χ2n) is 4.71. The topological polar surface area (TPSA) is 82.8 Å². The maximum absolute atomic E-state index is 11.7. The molecule has 0 unspecified atom stereocenters. The quantitative estimate of drug-likeness (QED) is 0.846. The van der Waals surface area contributed by atoms with Gasteiger partial charge in [-0.1, -0.05) is 18.2 Å². The summed E-state index contributed by atoms with van der Waals surface area (Å²) in [5.41, 5.74) is 0.679. The minimum Gasteiger partial charge on any atom is -0.478 e. The summed E-state index contributed by atoms with van der Waals surface area (Å²) >= 11 is 0. The zero-order chi connectivity index (χ0) is 15.4. The number of nitrogens with one attached hydrogen (secondary N) is 1. The fourth-order valence-corrected chi connectivity index (χ4v) is 2.05. The molecule has 1 amide bonds. The number of likely N-dealkylation sites (N-methyl/N-ethyl adjacent to an activating group) is 1. The Labute approximate surface area is 122 Å². The Hall–Kier alpha value is -2.34. The summed E-state index contributed by atoms with van der Waals surface area (Å²) in [5, 5.41) is 12.8. The van der Waals surface area contributed by atoms with Gasteiger partial charge in [0.05, 0.1) is 13.1 Å². The van der Waals surface area contributed by atoms with E-state index < -0.39 is 5.97 Å². The predicted octanol–water partition coefficient (Wildman–Crippen LogP) is 1.70. The maximum atomic E-state index is 11.7. The Bertz CT molecular complexity index is 663. The Morgan fingerprint density at radius 3 is 2.71 bits per heavy atom. The van der Waals surface area contributed by atoms with Gasteiger partial charge in [0.1, 0.15) is 16.9 Å². The number of carbonyl (C=O) groups is 2. The zero-order valence-electron chi connectivity index (χ0n) is 12.0. The number of furan rings is 1. The van der Waals surface area contributed by atoms with Gasteiger partial charge in [-0.2, -0.15) is 0 Å². The summed E-state index contributed by atoms with van der Waals surface area (Å²) in [5.74, 6) is -0.755. The molecule has 112 valence electrons. The first kappa shape index (κ1) is 15.1. The standard InChI is InChI=1S/C15H18N2O4/c1-3-17(2)13(18)9-16-8-12-14(15(19)20)10-6-4-5-7-11(10)21-12/h4-7,16H,3,8-9H2,1-2H3,(H,19,20). The van der Waals surface area contributed by atoms with Crippen LogP contribution in [0.3, 0.4) is 0 Å². The second-order valence-corrected chi connectivity index (χ2v) is 4.71. The van der Waals surface area contributed by atoms with E-state index in [1.165, 1.54) is 0 Å². The van der Waals surface area contributed by atoms with Gasteiger partial charge < -0.3 is 19.7 Å². The largest absolute Gasteiger partial charge is 0.478 e. The lowest BCUT2D eigenvalue weighted by Gasteiger charge is -2.14. The molecule has 0 bridgehead atoms. The molecule has 0 aliphatic heterocycles.